The molecule has 0 bridgehead atoms. The number of carboxylic acid groups (broad SMARTS) is 1. The van der Waals surface area contributed by atoms with Crippen molar-refractivity contribution >= 4 is 34.4 Å². The molecule has 3 aromatic rings. The maximum atomic E-state index is 12.8. The van der Waals surface area contributed by atoms with Crippen molar-refractivity contribution in [2.75, 3.05) is 6.54 Å². The number of fused-ring (bicyclic) bond motifs is 1. The maximum Gasteiger partial charge on any atom is 0.351 e. The fourth-order valence-electron chi connectivity index (χ4n) is 2.85. The number of rotatable bonds is 6. The van der Waals surface area contributed by atoms with Crippen molar-refractivity contribution in [1.29, 1.82) is 0 Å². The van der Waals surface area contributed by atoms with E-state index in [9.17, 15) is 14.7 Å². The minimum atomic E-state index is -1.26. The average molecular weight is 400 g/mol. The van der Waals surface area contributed by atoms with Crippen LogP contribution in [0.15, 0.2) is 41.8 Å². The molecular formula is C19H16N2O4S2. The highest BCUT2D eigenvalue weighted by atomic mass is 32.1. The van der Waals surface area contributed by atoms with Crippen LogP contribution in [0.3, 0.4) is 0 Å². The largest absolute Gasteiger partial charge is 0.478 e. The second-order valence-electron chi connectivity index (χ2n) is 6.04. The predicted molar refractivity (Wildman–Crippen MR) is 103 cm³/mol. The molecule has 0 amide bonds. The number of carboxylic acids is 1. The van der Waals surface area contributed by atoms with E-state index in [-0.39, 0.29) is 16.5 Å². The summed E-state index contributed by atoms with van der Waals surface area (Å²) in [6.07, 6.45) is -0.339. The van der Waals surface area contributed by atoms with Gasteiger partial charge >= 0.3 is 5.97 Å². The van der Waals surface area contributed by atoms with Gasteiger partial charge in [0.15, 0.2) is 5.01 Å². The van der Waals surface area contributed by atoms with Gasteiger partial charge in [-0.05, 0) is 30.2 Å². The van der Waals surface area contributed by atoms with Gasteiger partial charge in [0.1, 0.15) is 11.4 Å². The summed E-state index contributed by atoms with van der Waals surface area (Å²) in [5.41, 5.74) is 1.38. The van der Waals surface area contributed by atoms with Crippen LogP contribution in [0.2, 0.25) is 0 Å². The number of para-hydroxylation sites is 1. The molecule has 0 radical (unpaired) electrons. The van der Waals surface area contributed by atoms with Gasteiger partial charge in [-0.15, -0.1) is 22.7 Å². The molecule has 1 unspecified atom stereocenters. The van der Waals surface area contributed by atoms with E-state index in [2.05, 4.69) is 10.3 Å². The Kier molecular flexibility index (Phi) is 5.02. The first kappa shape index (κ1) is 17.8. The smallest absolute Gasteiger partial charge is 0.351 e. The van der Waals surface area contributed by atoms with Crippen molar-refractivity contribution in [3.8, 4) is 5.75 Å². The SMILES string of the molecule is O=C(c1cc2c(s1)CCNC2)c1nc(C(Oc2ccccc2)C(=O)O)cs1. The van der Waals surface area contributed by atoms with E-state index in [0.29, 0.717) is 10.6 Å². The van der Waals surface area contributed by atoms with Gasteiger partial charge in [-0.3, -0.25) is 4.79 Å². The predicted octanol–water partition coefficient (Wildman–Crippen LogP) is 3.29. The Morgan fingerprint density at radius 2 is 2.07 bits per heavy atom. The molecule has 6 nitrogen and oxygen atoms in total. The van der Waals surface area contributed by atoms with Gasteiger partial charge in [0, 0.05) is 23.3 Å². The minimum absolute atomic E-state index is 0.172. The quantitative estimate of drug-likeness (QED) is 0.618. The second-order valence-corrected chi connectivity index (χ2v) is 8.04. The third kappa shape index (κ3) is 3.78. The number of aromatic nitrogens is 1. The van der Waals surface area contributed by atoms with E-state index in [1.165, 1.54) is 16.2 Å². The van der Waals surface area contributed by atoms with Crippen molar-refractivity contribution in [2.45, 2.75) is 19.1 Å². The van der Waals surface area contributed by atoms with Crippen LogP contribution in [0.5, 0.6) is 5.75 Å². The van der Waals surface area contributed by atoms with Gasteiger partial charge in [-0.1, -0.05) is 18.2 Å². The summed E-state index contributed by atoms with van der Waals surface area (Å²) in [5.74, 6) is -0.889. The number of benzene rings is 1. The Morgan fingerprint density at radius 3 is 2.81 bits per heavy atom. The van der Waals surface area contributed by atoms with Gasteiger partial charge < -0.3 is 15.2 Å². The molecule has 138 valence electrons. The number of aliphatic carboxylic acids is 1. The number of nitrogens with one attached hydrogen (secondary N) is 1. The lowest BCUT2D eigenvalue weighted by atomic mass is 10.1. The first-order valence-corrected chi connectivity index (χ1v) is 10.1. The molecule has 1 aliphatic heterocycles. The molecule has 0 spiro atoms. The lowest BCUT2D eigenvalue weighted by Crippen LogP contribution is -2.21. The molecule has 0 saturated heterocycles. The van der Waals surface area contributed by atoms with Gasteiger partial charge in [0.2, 0.25) is 11.9 Å². The highest BCUT2D eigenvalue weighted by Crippen LogP contribution is 2.29. The minimum Gasteiger partial charge on any atom is -0.478 e. The summed E-state index contributed by atoms with van der Waals surface area (Å²) in [6.45, 7) is 1.69. The van der Waals surface area contributed by atoms with Crippen molar-refractivity contribution in [3.05, 3.63) is 67.8 Å². The summed E-state index contributed by atoms with van der Waals surface area (Å²) in [7, 11) is 0. The third-order valence-electron chi connectivity index (χ3n) is 4.17. The Morgan fingerprint density at radius 1 is 1.26 bits per heavy atom. The molecular weight excluding hydrogens is 384 g/mol. The van der Waals surface area contributed by atoms with E-state index in [1.807, 2.05) is 12.1 Å². The maximum absolute atomic E-state index is 12.8. The standard InChI is InChI=1S/C19H16N2O4S2/c22-16(15-8-11-9-20-7-6-14(11)27-15)18-21-13(10-26-18)17(19(23)24)25-12-4-2-1-3-5-12/h1-5,8,10,17,20H,6-7,9H2,(H,23,24). The molecule has 0 fully saturated rings. The fourth-order valence-corrected chi connectivity index (χ4v) is 4.82. The molecule has 8 heteroatoms. The number of carbonyl (C=O) groups excluding carboxylic acids is 1. The normalized spacial score (nSPS) is 14.4. The molecule has 2 aromatic heterocycles. The van der Waals surface area contributed by atoms with E-state index in [1.54, 1.807) is 29.6 Å². The van der Waals surface area contributed by atoms with Gasteiger partial charge in [0.05, 0.1) is 4.88 Å². The van der Waals surface area contributed by atoms with Crippen molar-refractivity contribution in [2.24, 2.45) is 0 Å². The van der Waals surface area contributed by atoms with Gasteiger partial charge in [-0.25, -0.2) is 9.78 Å². The Bertz CT molecular complexity index is 957. The highest BCUT2D eigenvalue weighted by Gasteiger charge is 2.27. The van der Waals surface area contributed by atoms with E-state index in [0.717, 1.165) is 36.4 Å². The van der Waals surface area contributed by atoms with Crippen LogP contribution in [-0.2, 0) is 17.8 Å². The summed E-state index contributed by atoms with van der Waals surface area (Å²) in [6, 6.07) is 10.6. The van der Waals surface area contributed by atoms with E-state index in [4.69, 9.17) is 4.74 Å². The molecule has 0 aliphatic carbocycles. The number of carbonyl (C=O) groups is 2. The van der Waals surface area contributed by atoms with Gasteiger partial charge in [0.25, 0.3) is 0 Å². The number of ether oxygens (including phenoxy) is 1. The van der Waals surface area contributed by atoms with Gasteiger partial charge in [-0.2, -0.15) is 0 Å². The fraction of sp³-hybridized carbons (Fsp3) is 0.211. The lowest BCUT2D eigenvalue weighted by molar-refractivity contribution is -0.145. The topological polar surface area (TPSA) is 88.5 Å². The lowest BCUT2D eigenvalue weighted by Gasteiger charge is -2.12. The number of nitrogens with zero attached hydrogens (tertiary/aromatic N) is 1. The van der Waals surface area contributed by atoms with Crippen LogP contribution in [0.4, 0.5) is 0 Å². The van der Waals surface area contributed by atoms with Crippen LogP contribution in [0, 0.1) is 0 Å². The number of hydrogen-bond acceptors (Lipinski definition) is 7. The van der Waals surface area contributed by atoms with Crippen LogP contribution in [0.1, 0.15) is 36.9 Å². The molecule has 1 aromatic carbocycles. The number of thiophene rings is 1. The van der Waals surface area contributed by atoms with Crippen LogP contribution in [-0.4, -0.2) is 28.4 Å². The molecule has 1 atom stereocenters. The molecule has 2 N–H and O–H groups in total. The number of hydrogen-bond donors (Lipinski definition) is 2. The summed E-state index contributed by atoms with van der Waals surface area (Å²) < 4.78 is 5.55. The Balaban J connectivity index is 1.56. The highest BCUT2D eigenvalue weighted by molar-refractivity contribution is 7.16. The Labute approximate surface area is 163 Å². The molecule has 3 heterocycles. The van der Waals surface area contributed by atoms with E-state index < -0.39 is 12.1 Å². The van der Waals surface area contributed by atoms with Crippen LogP contribution >= 0.6 is 22.7 Å². The molecule has 4 rings (SSSR count). The monoisotopic (exact) mass is 400 g/mol. The average Bonchev–Trinajstić information content (AvgIpc) is 3.33. The third-order valence-corrected chi connectivity index (χ3v) is 6.27. The molecule has 0 saturated carbocycles. The zero-order valence-electron chi connectivity index (χ0n) is 14.2. The summed E-state index contributed by atoms with van der Waals surface area (Å²) in [5, 5.41) is 14.7. The first-order valence-electron chi connectivity index (χ1n) is 8.39. The Hall–Kier alpha value is -2.55. The summed E-state index contributed by atoms with van der Waals surface area (Å²) >= 11 is 2.64. The summed E-state index contributed by atoms with van der Waals surface area (Å²) in [4.78, 5) is 30.5. The van der Waals surface area contributed by atoms with Crippen molar-refractivity contribution in [3.63, 3.8) is 0 Å². The van der Waals surface area contributed by atoms with Crippen LogP contribution < -0.4 is 10.1 Å². The van der Waals surface area contributed by atoms with Crippen molar-refractivity contribution in [1.82, 2.24) is 10.3 Å². The number of ketones is 1. The van der Waals surface area contributed by atoms with Crippen molar-refractivity contribution < 1.29 is 19.4 Å². The number of thiazole rings is 1. The molecule has 27 heavy (non-hydrogen) atoms. The second kappa shape index (κ2) is 7.59. The zero-order valence-corrected chi connectivity index (χ0v) is 15.8. The van der Waals surface area contributed by atoms with E-state index >= 15 is 0 Å². The molecule has 1 aliphatic rings. The van der Waals surface area contributed by atoms with Crippen LogP contribution in [0.25, 0.3) is 0 Å². The zero-order chi connectivity index (χ0) is 18.8. The first-order chi connectivity index (χ1) is 13.1.